The molecule has 0 fully saturated rings. The molecule has 0 radical (unpaired) electrons. The van der Waals surface area contributed by atoms with Crippen molar-refractivity contribution in [3.05, 3.63) is 105 Å². The van der Waals surface area contributed by atoms with E-state index in [1.807, 2.05) is 30.3 Å². The average Bonchev–Trinajstić information content (AvgIpc) is 3.46. The van der Waals surface area contributed by atoms with Crippen LogP contribution in [0.15, 0.2) is 66.9 Å². The molecule has 2 heterocycles. The van der Waals surface area contributed by atoms with E-state index < -0.39 is 29.6 Å². The van der Waals surface area contributed by atoms with E-state index in [4.69, 9.17) is 16.6 Å². The van der Waals surface area contributed by atoms with Gasteiger partial charge in [-0.2, -0.15) is 17.6 Å². The molecule has 5 rings (SSSR count). The number of thiazole rings is 1. The lowest BCUT2D eigenvalue weighted by atomic mass is 9.80. The molecule has 4 aromatic rings. The van der Waals surface area contributed by atoms with Gasteiger partial charge in [-0.3, -0.25) is 4.98 Å². The zero-order chi connectivity index (χ0) is 26.9. The third-order valence-electron chi connectivity index (χ3n) is 6.26. The van der Waals surface area contributed by atoms with Gasteiger partial charge >= 0.3 is 12.5 Å². The fraction of sp³-hybridized carbons (Fsp3) is 0.259. The summed E-state index contributed by atoms with van der Waals surface area (Å²) < 4.78 is 72.6. The normalized spacial score (nSPS) is 14.8. The molecule has 0 saturated carbocycles. The number of alkyl halides is 4. The molecule has 0 saturated heterocycles. The van der Waals surface area contributed by atoms with Crippen LogP contribution in [0.2, 0.25) is 5.02 Å². The minimum Gasteiger partial charge on any atom is -0.428 e. The van der Waals surface area contributed by atoms with Crippen molar-refractivity contribution in [2.45, 2.75) is 43.8 Å². The van der Waals surface area contributed by atoms with Crippen molar-refractivity contribution in [2.75, 3.05) is 5.32 Å². The number of rotatable bonds is 9. The molecule has 1 aliphatic carbocycles. The number of pyridine rings is 1. The topological polar surface area (TPSA) is 47.0 Å². The quantitative estimate of drug-likeness (QED) is 0.212. The highest BCUT2D eigenvalue weighted by Gasteiger charge is 2.45. The number of halogens is 6. The van der Waals surface area contributed by atoms with Gasteiger partial charge in [-0.1, -0.05) is 41.9 Å². The van der Waals surface area contributed by atoms with E-state index in [0.29, 0.717) is 21.9 Å². The zero-order valence-corrected chi connectivity index (χ0v) is 21.3. The molecule has 0 bridgehead atoms. The van der Waals surface area contributed by atoms with Gasteiger partial charge in [0.1, 0.15) is 17.1 Å². The van der Waals surface area contributed by atoms with Gasteiger partial charge in [0.2, 0.25) is 0 Å². The molecule has 11 heteroatoms. The van der Waals surface area contributed by atoms with Gasteiger partial charge in [-0.25, -0.2) is 9.37 Å². The molecule has 2 aromatic carbocycles. The fourth-order valence-electron chi connectivity index (χ4n) is 4.55. The molecule has 38 heavy (non-hydrogen) atoms. The molecular weight excluding hydrogens is 545 g/mol. The number of hydrogen-bond donors (Lipinski definition) is 1. The number of nitrogens with zero attached hydrogens (tertiary/aromatic N) is 2. The molecule has 1 aliphatic rings. The molecule has 1 unspecified atom stereocenters. The lowest BCUT2D eigenvalue weighted by Gasteiger charge is -2.36. The fourth-order valence-corrected chi connectivity index (χ4v) is 5.79. The third-order valence-corrected chi connectivity index (χ3v) is 7.56. The second kappa shape index (κ2) is 10.5. The number of nitrogens with one attached hydrogen (secondary N) is 1. The molecule has 1 atom stereocenters. The van der Waals surface area contributed by atoms with Crippen LogP contribution in [-0.2, 0) is 24.8 Å². The summed E-state index contributed by atoms with van der Waals surface area (Å²) in [6, 6.07) is 15.4. The largest absolute Gasteiger partial charge is 0.461 e. The van der Waals surface area contributed by atoms with E-state index in [1.54, 1.807) is 12.1 Å². The molecule has 0 spiro atoms. The summed E-state index contributed by atoms with van der Waals surface area (Å²) in [4.78, 5) is 10.3. The molecule has 4 nitrogen and oxygen atoms in total. The van der Waals surface area contributed by atoms with Crippen LogP contribution in [-0.4, -0.2) is 22.5 Å². The van der Waals surface area contributed by atoms with Crippen molar-refractivity contribution in [3.63, 3.8) is 0 Å². The van der Waals surface area contributed by atoms with Gasteiger partial charge in [-0.05, 0) is 54.7 Å². The molecule has 0 aliphatic heterocycles. The van der Waals surface area contributed by atoms with Crippen molar-refractivity contribution in [1.82, 2.24) is 9.97 Å². The summed E-state index contributed by atoms with van der Waals surface area (Å²) in [5.41, 5.74) is 0.933. The summed E-state index contributed by atoms with van der Waals surface area (Å²) in [7, 11) is 0. The minimum absolute atomic E-state index is 0.131. The Hall–Kier alpha value is -3.24. The van der Waals surface area contributed by atoms with Gasteiger partial charge in [-0.15, -0.1) is 11.3 Å². The Labute approximate surface area is 224 Å². The Bertz CT molecular complexity index is 1400. The number of fused-ring (bicyclic) bond motifs is 1. The summed E-state index contributed by atoms with van der Waals surface area (Å²) in [6.07, 6.45) is -4.58. The number of hydrogen-bond acceptors (Lipinski definition) is 5. The SMILES string of the molecule is Fc1cc(OC(F)(F)C(F)F)cc(C(Cc2ccccc2)(Nc2nc3c(s2)CCC3)c2ccc(Cl)cn2)c1. The van der Waals surface area contributed by atoms with Gasteiger partial charge in [0, 0.05) is 23.6 Å². The Kier molecular flexibility index (Phi) is 7.28. The van der Waals surface area contributed by atoms with Crippen LogP contribution in [0.4, 0.5) is 27.1 Å². The van der Waals surface area contributed by atoms with E-state index in [1.165, 1.54) is 17.5 Å². The maximum absolute atomic E-state index is 14.9. The van der Waals surface area contributed by atoms with E-state index in [-0.39, 0.29) is 12.0 Å². The third kappa shape index (κ3) is 5.47. The van der Waals surface area contributed by atoms with Crippen molar-refractivity contribution in [3.8, 4) is 5.75 Å². The first-order chi connectivity index (χ1) is 18.1. The van der Waals surface area contributed by atoms with Gasteiger partial charge in [0.05, 0.1) is 16.4 Å². The maximum atomic E-state index is 14.9. The van der Waals surface area contributed by atoms with E-state index in [9.17, 15) is 22.0 Å². The standard InChI is InChI=1S/C27H21ClF5N3OS/c28-18-9-10-23(34-15-18)26(14-16-5-2-1-3-6-16,36-25-35-21-7-4-8-22(21)38-25)17-11-19(29)13-20(12-17)37-27(32,33)24(30)31/h1-3,5-6,9-13,15,24H,4,7-8,14H2,(H,35,36). The Balaban J connectivity index is 1.70. The molecule has 198 valence electrons. The Morgan fingerprint density at radius 2 is 1.84 bits per heavy atom. The van der Waals surface area contributed by atoms with E-state index in [0.717, 1.165) is 47.5 Å². The maximum Gasteiger partial charge on any atom is 0.461 e. The number of aromatic nitrogens is 2. The Morgan fingerprint density at radius 3 is 2.53 bits per heavy atom. The van der Waals surface area contributed by atoms with Crippen LogP contribution >= 0.6 is 22.9 Å². The van der Waals surface area contributed by atoms with Crippen LogP contribution in [0.5, 0.6) is 5.75 Å². The molecule has 2 aromatic heterocycles. The molecule has 0 amide bonds. The van der Waals surface area contributed by atoms with Crippen molar-refractivity contribution in [1.29, 1.82) is 0 Å². The van der Waals surface area contributed by atoms with Gasteiger partial charge in [0.15, 0.2) is 5.13 Å². The van der Waals surface area contributed by atoms with Gasteiger partial charge < -0.3 is 10.1 Å². The first-order valence-corrected chi connectivity index (χ1v) is 12.9. The highest BCUT2D eigenvalue weighted by molar-refractivity contribution is 7.15. The number of anilines is 1. The minimum atomic E-state index is -4.81. The summed E-state index contributed by atoms with van der Waals surface area (Å²) in [5, 5.41) is 4.30. The first kappa shape index (κ1) is 26.4. The first-order valence-electron chi connectivity index (χ1n) is 11.7. The van der Waals surface area contributed by atoms with Crippen molar-refractivity contribution in [2.24, 2.45) is 0 Å². The number of aryl methyl sites for hydroxylation is 2. The van der Waals surface area contributed by atoms with Gasteiger partial charge in [0.25, 0.3) is 0 Å². The zero-order valence-electron chi connectivity index (χ0n) is 19.7. The average molecular weight is 566 g/mol. The van der Waals surface area contributed by atoms with Crippen LogP contribution in [0.25, 0.3) is 0 Å². The predicted molar refractivity (Wildman–Crippen MR) is 136 cm³/mol. The summed E-state index contributed by atoms with van der Waals surface area (Å²) in [6.45, 7) is 0. The van der Waals surface area contributed by atoms with Crippen LogP contribution in [0.3, 0.4) is 0 Å². The number of benzene rings is 2. The van der Waals surface area contributed by atoms with Crippen molar-refractivity contribution >= 4 is 28.1 Å². The lowest BCUT2D eigenvalue weighted by molar-refractivity contribution is -0.253. The smallest absolute Gasteiger partial charge is 0.428 e. The predicted octanol–water partition coefficient (Wildman–Crippen LogP) is 7.65. The van der Waals surface area contributed by atoms with Crippen LogP contribution < -0.4 is 10.1 Å². The van der Waals surface area contributed by atoms with E-state index in [2.05, 4.69) is 15.0 Å². The second-order valence-corrected chi connectivity index (χ2v) is 10.5. The number of ether oxygens (including phenoxy) is 1. The van der Waals surface area contributed by atoms with E-state index >= 15 is 0 Å². The Morgan fingerprint density at radius 1 is 1.05 bits per heavy atom. The van der Waals surface area contributed by atoms with Crippen LogP contribution in [0.1, 0.15) is 33.8 Å². The monoisotopic (exact) mass is 565 g/mol. The summed E-state index contributed by atoms with van der Waals surface area (Å²) in [5.74, 6) is -1.70. The highest BCUT2D eigenvalue weighted by atomic mass is 35.5. The molecule has 1 N–H and O–H groups in total. The van der Waals surface area contributed by atoms with Crippen molar-refractivity contribution < 1.29 is 26.7 Å². The summed E-state index contributed by atoms with van der Waals surface area (Å²) >= 11 is 7.56. The lowest BCUT2D eigenvalue weighted by Crippen LogP contribution is -2.40. The van der Waals surface area contributed by atoms with Crippen LogP contribution in [0, 0.1) is 5.82 Å². The second-order valence-electron chi connectivity index (χ2n) is 8.94. The molecular formula is C27H21ClF5N3OS. The highest BCUT2D eigenvalue weighted by Crippen LogP contribution is 2.41.